The average molecular weight is 472 g/mol. The quantitative estimate of drug-likeness (QED) is 0.612. The number of rotatable bonds is 8. The van der Waals surface area contributed by atoms with Crippen LogP contribution in [-0.2, 0) is 26.2 Å². The van der Waals surface area contributed by atoms with Crippen molar-refractivity contribution < 1.29 is 18.0 Å². The van der Waals surface area contributed by atoms with Gasteiger partial charge in [-0.15, -0.1) is 0 Å². The summed E-state index contributed by atoms with van der Waals surface area (Å²) >= 11 is 0. The van der Waals surface area contributed by atoms with Gasteiger partial charge in [-0.2, -0.15) is 4.31 Å². The predicted octanol–water partition coefficient (Wildman–Crippen LogP) is 3.78. The van der Waals surface area contributed by atoms with Gasteiger partial charge in [0.15, 0.2) is 0 Å². The fourth-order valence-electron chi connectivity index (χ4n) is 3.88. The fraction of sp³-hybridized carbons (Fsp3) is 0.440. The molecule has 0 saturated carbocycles. The topological polar surface area (TPSA) is 95.6 Å². The number of nitrogens with one attached hydrogen (secondary N) is 2. The van der Waals surface area contributed by atoms with Gasteiger partial charge in [0.25, 0.3) is 0 Å². The van der Waals surface area contributed by atoms with E-state index in [0.717, 1.165) is 5.56 Å². The highest BCUT2D eigenvalue weighted by Crippen LogP contribution is 2.33. The first-order valence-corrected chi connectivity index (χ1v) is 12.8. The maximum atomic E-state index is 13.1. The molecule has 0 spiro atoms. The van der Waals surface area contributed by atoms with E-state index in [2.05, 4.69) is 10.6 Å². The van der Waals surface area contributed by atoms with E-state index in [-0.39, 0.29) is 35.7 Å². The van der Waals surface area contributed by atoms with E-state index in [1.165, 1.54) is 16.4 Å². The molecule has 1 saturated heterocycles. The molecular formula is C25H33N3O4S. The highest BCUT2D eigenvalue weighted by Gasteiger charge is 2.40. The molecule has 0 aliphatic carbocycles. The van der Waals surface area contributed by atoms with Crippen molar-refractivity contribution in [3.63, 3.8) is 0 Å². The Morgan fingerprint density at radius 2 is 1.61 bits per heavy atom. The second kappa shape index (κ2) is 10.5. The van der Waals surface area contributed by atoms with E-state index in [1.807, 2.05) is 51.1 Å². The third-order valence-corrected chi connectivity index (χ3v) is 7.95. The average Bonchev–Trinajstić information content (AvgIpc) is 2.78. The van der Waals surface area contributed by atoms with E-state index >= 15 is 0 Å². The summed E-state index contributed by atoms with van der Waals surface area (Å²) in [5.74, 6) is 0.0983. The van der Waals surface area contributed by atoms with E-state index in [9.17, 15) is 18.0 Å². The number of piperidine rings is 1. The van der Waals surface area contributed by atoms with Crippen LogP contribution in [0.3, 0.4) is 0 Å². The Balaban J connectivity index is 1.57. The van der Waals surface area contributed by atoms with Crippen molar-refractivity contribution in [2.24, 2.45) is 11.3 Å². The van der Waals surface area contributed by atoms with Crippen LogP contribution in [0.1, 0.15) is 45.6 Å². The molecular weight excluding hydrogens is 438 g/mol. The number of amides is 2. The van der Waals surface area contributed by atoms with Gasteiger partial charge in [-0.3, -0.25) is 9.59 Å². The first kappa shape index (κ1) is 24.9. The smallest absolute Gasteiger partial charge is 0.243 e. The van der Waals surface area contributed by atoms with Crippen LogP contribution in [0.4, 0.5) is 5.69 Å². The fourth-order valence-corrected chi connectivity index (χ4v) is 5.32. The number of hydrogen-bond donors (Lipinski definition) is 2. The lowest BCUT2D eigenvalue weighted by Gasteiger charge is -2.37. The first-order chi connectivity index (χ1) is 15.6. The largest absolute Gasteiger partial charge is 0.352 e. The lowest BCUT2D eigenvalue weighted by atomic mass is 9.80. The molecule has 1 aliphatic heterocycles. The van der Waals surface area contributed by atoms with Gasteiger partial charge in [0, 0.05) is 37.2 Å². The third kappa shape index (κ3) is 6.42. The molecule has 1 aliphatic rings. The Bertz CT molecular complexity index is 1060. The van der Waals surface area contributed by atoms with Crippen molar-refractivity contribution in [1.82, 2.24) is 9.62 Å². The van der Waals surface area contributed by atoms with Crippen molar-refractivity contribution in [2.75, 3.05) is 18.4 Å². The summed E-state index contributed by atoms with van der Waals surface area (Å²) in [5, 5.41) is 5.77. The minimum Gasteiger partial charge on any atom is -0.352 e. The number of nitrogens with zero attached hydrogens (tertiary/aromatic N) is 1. The molecule has 0 atom stereocenters. The van der Waals surface area contributed by atoms with Crippen molar-refractivity contribution in [2.45, 2.75) is 51.5 Å². The zero-order chi connectivity index (χ0) is 24.1. The number of hydrogen-bond acceptors (Lipinski definition) is 4. The minimum absolute atomic E-state index is 0.0510. The van der Waals surface area contributed by atoms with E-state index in [0.29, 0.717) is 31.5 Å². The maximum Gasteiger partial charge on any atom is 0.243 e. The van der Waals surface area contributed by atoms with E-state index in [1.54, 1.807) is 12.1 Å². The van der Waals surface area contributed by atoms with Gasteiger partial charge in [0.2, 0.25) is 21.8 Å². The summed E-state index contributed by atoms with van der Waals surface area (Å²) in [6.07, 6.45) is 1.32. The molecule has 2 N–H and O–H groups in total. The lowest BCUT2D eigenvalue weighted by Crippen LogP contribution is -2.48. The van der Waals surface area contributed by atoms with Crippen LogP contribution in [0.15, 0.2) is 59.5 Å². The maximum absolute atomic E-state index is 13.1. The second-order valence-electron chi connectivity index (χ2n) is 9.30. The Labute approximate surface area is 196 Å². The summed E-state index contributed by atoms with van der Waals surface area (Å²) in [6.45, 7) is 6.84. The van der Waals surface area contributed by atoms with E-state index < -0.39 is 15.4 Å². The molecule has 2 aromatic rings. The van der Waals surface area contributed by atoms with Crippen LogP contribution in [0.2, 0.25) is 0 Å². The Morgan fingerprint density at radius 1 is 1.00 bits per heavy atom. The lowest BCUT2D eigenvalue weighted by molar-refractivity contribution is -0.132. The van der Waals surface area contributed by atoms with Crippen LogP contribution < -0.4 is 10.6 Å². The molecule has 1 fully saturated rings. The van der Waals surface area contributed by atoms with Crippen LogP contribution in [0, 0.1) is 11.3 Å². The predicted molar refractivity (Wildman–Crippen MR) is 129 cm³/mol. The standard InChI is InChI=1S/C25H33N3O4S/c1-19(2)17-23(29)27-21-9-11-22(12-10-21)33(31,32)28-15-13-25(3,14-16-28)24(30)26-18-20-7-5-4-6-8-20/h4-12,19H,13-18H2,1-3H3,(H,26,30)(H,27,29). The van der Waals surface area contributed by atoms with Gasteiger partial charge >= 0.3 is 0 Å². The van der Waals surface area contributed by atoms with E-state index in [4.69, 9.17) is 0 Å². The highest BCUT2D eigenvalue weighted by molar-refractivity contribution is 7.89. The Morgan fingerprint density at radius 3 is 2.18 bits per heavy atom. The van der Waals surface area contributed by atoms with Crippen LogP contribution in [0.5, 0.6) is 0 Å². The molecule has 0 unspecified atom stereocenters. The van der Waals surface area contributed by atoms with Crippen LogP contribution in [0.25, 0.3) is 0 Å². The number of sulfonamides is 1. The SMILES string of the molecule is CC(C)CC(=O)Nc1ccc(S(=O)(=O)N2CCC(C)(C(=O)NCc3ccccc3)CC2)cc1. The molecule has 1 heterocycles. The molecule has 33 heavy (non-hydrogen) atoms. The van der Waals surface area contributed by atoms with Crippen molar-refractivity contribution >= 4 is 27.5 Å². The monoisotopic (exact) mass is 471 g/mol. The molecule has 3 rings (SSSR count). The molecule has 0 radical (unpaired) electrons. The summed E-state index contributed by atoms with van der Waals surface area (Å²) < 4.78 is 27.6. The molecule has 0 bridgehead atoms. The molecule has 178 valence electrons. The van der Waals surface area contributed by atoms with Gasteiger partial charge in [-0.1, -0.05) is 51.1 Å². The normalized spacial score (nSPS) is 16.4. The zero-order valence-corrected chi connectivity index (χ0v) is 20.3. The minimum atomic E-state index is -3.67. The number of carbonyl (C=O) groups excluding carboxylic acids is 2. The van der Waals surface area contributed by atoms with Gasteiger partial charge < -0.3 is 10.6 Å². The molecule has 8 heteroatoms. The Hall–Kier alpha value is -2.71. The van der Waals surface area contributed by atoms with Crippen LogP contribution in [-0.4, -0.2) is 37.6 Å². The summed E-state index contributed by atoms with van der Waals surface area (Å²) in [6, 6.07) is 15.9. The molecule has 2 aromatic carbocycles. The van der Waals surface area contributed by atoms with Gasteiger partial charge in [0.05, 0.1) is 4.90 Å². The highest BCUT2D eigenvalue weighted by atomic mass is 32.2. The summed E-state index contributed by atoms with van der Waals surface area (Å²) in [5.41, 5.74) is 0.991. The van der Waals surface area contributed by atoms with Gasteiger partial charge in [-0.25, -0.2) is 8.42 Å². The van der Waals surface area contributed by atoms with Gasteiger partial charge in [0.1, 0.15) is 0 Å². The van der Waals surface area contributed by atoms with Gasteiger partial charge in [-0.05, 0) is 48.6 Å². The molecule has 2 amide bonds. The Kier molecular flexibility index (Phi) is 7.92. The molecule has 0 aromatic heterocycles. The van der Waals surface area contributed by atoms with Crippen molar-refractivity contribution in [3.05, 3.63) is 60.2 Å². The summed E-state index contributed by atoms with van der Waals surface area (Å²) in [4.78, 5) is 24.9. The first-order valence-electron chi connectivity index (χ1n) is 11.3. The van der Waals surface area contributed by atoms with Crippen LogP contribution >= 0.6 is 0 Å². The number of benzene rings is 2. The third-order valence-electron chi connectivity index (χ3n) is 6.04. The second-order valence-corrected chi connectivity index (χ2v) is 11.2. The number of anilines is 1. The zero-order valence-electron chi connectivity index (χ0n) is 19.5. The number of carbonyl (C=O) groups is 2. The van der Waals surface area contributed by atoms with Crippen molar-refractivity contribution in [3.8, 4) is 0 Å². The molecule has 7 nitrogen and oxygen atoms in total. The van der Waals surface area contributed by atoms with Crippen molar-refractivity contribution in [1.29, 1.82) is 0 Å². The summed E-state index contributed by atoms with van der Waals surface area (Å²) in [7, 11) is -3.67.